The number of benzene rings is 2. The van der Waals surface area contributed by atoms with E-state index in [-0.39, 0.29) is 17.3 Å². The lowest BCUT2D eigenvalue weighted by atomic mass is 10.0. The monoisotopic (exact) mass is 418 g/mol. The van der Waals surface area contributed by atoms with Crippen molar-refractivity contribution in [1.82, 2.24) is 4.98 Å². The molecule has 1 N–H and O–H groups in total. The highest BCUT2D eigenvalue weighted by Gasteiger charge is 2.37. The highest BCUT2D eigenvalue weighted by atomic mass is 32.1. The van der Waals surface area contributed by atoms with Crippen molar-refractivity contribution in [1.29, 1.82) is 0 Å². The van der Waals surface area contributed by atoms with Gasteiger partial charge < -0.3 is 10.1 Å². The Morgan fingerprint density at radius 3 is 1.96 bits per heavy atom. The number of thiazole rings is 1. The number of nitrogens with zero attached hydrogens (tertiary/aromatic N) is 1. The van der Waals surface area contributed by atoms with Crippen LogP contribution < -0.4 is 10.1 Å². The van der Waals surface area contributed by atoms with Crippen LogP contribution >= 0.6 is 11.3 Å². The molecule has 1 aromatic heterocycles. The fraction of sp³-hybridized carbons (Fsp3) is 0.167. The molecule has 0 unspecified atom stereocenters. The van der Waals surface area contributed by atoms with E-state index in [1.54, 1.807) is 24.3 Å². The van der Waals surface area contributed by atoms with Crippen LogP contribution in [0.2, 0.25) is 0 Å². The van der Waals surface area contributed by atoms with E-state index < -0.39 is 23.5 Å². The molecule has 0 atom stereocenters. The summed E-state index contributed by atoms with van der Waals surface area (Å²) >= 11 is 1.06. The van der Waals surface area contributed by atoms with Gasteiger partial charge in [0.25, 0.3) is 0 Å². The Morgan fingerprint density at radius 2 is 1.46 bits per heavy atom. The first kappa shape index (κ1) is 20.0. The predicted molar refractivity (Wildman–Crippen MR) is 93.8 cm³/mol. The summed E-state index contributed by atoms with van der Waals surface area (Å²) in [7, 11) is 1.51. The number of aromatic nitrogens is 1. The third-order valence-corrected chi connectivity index (χ3v) is 4.49. The highest BCUT2D eigenvalue weighted by Crippen LogP contribution is 2.39. The van der Waals surface area contributed by atoms with Gasteiger partial charge in [-0.15, -0.1) is 11.3 Å². The van der Waals surface area contributed by atoms with E-state index >= 15 is 0 Å². The number of methoxy groups -OCH3 is 1. The van der Waals surface area contributed by atoms with Crippen molar-refractivity contribution in [2.45, 2.75) is 12.4 Å². The second-order valence-corrected chi connectivity index (χ2v) is 6.54. The third kappa shape index (κ3) is 4.56. The highest BCUT2D eigenvalue weighted by molar-refractivity contribution is 7.14. The molecular weight excluding hydrogens is 406 g/mol. The minimum atomic E-state index is -4.91. The molecule has 28 heavy (non-hydrogen) atoms. The van der Waals surface area contributed by atoms with E-state index in [0.29, 0.717) is 28.7 Å². The smallest absolute Gasteiger partial charge is 0.416 e. The Kier molecular flexibility index (Phi) is 5.24. The summed E-state index contributed by atoms with van der Waals surface area (Å²) in [6.07, 6.45) is -9.81. The van der Waals surface area contributed by atoms with Crippen LogP contribution in [0.25, 0.3) is 11.3 Å². The maximum atomic E-state index is 13.0. The van der Waals surface area contributed by atoms with Crippen molar-refractivity contribution in [3.05, 3.63) is 59.0 Å². The van der Waals surface area contributed by atoms with E-state index in [4.69, 9.17) is 4.74 Å². The molecule has 0 saturated heterocycles. The number of anilines is 2. The van der Waals surface area contributed by atoms with Gasteiger partial charge >= 0.3 is 12.4 Å². The minimum Gasteiger partial charge on any atom is -0.497 e. The van der Waals surface area contributed by atoms with Crippen molar-refractivity contribution in [2.24, 2.45) is 0 Å². The van der Waals surface area contributed by atoms with Crippen LogP contribution in [0.3, 0.4) is 0 Å². The Bertz CT molecular complexity index is 931. The molecule has 0 radical (unpaired) electrons. The molecule has 2 aromatic carbocycles. The molecule has 0 aliphatic heterocycles. The summed E-state index contributed by atoms with van der Waals surface area (Å²) in [5, 5.41) is 4.66. The molecule has 0 amide bonds. The van der Waals surface area contributed by atoms with Gasteiger partial charge in [-0.3, -0.25) is 0 Å². The van der Waals surface area contributed by atoms with Gasteiger partial charge in [0, 0.05) is 16.6 Å². The van der Waals surface area contributed by atoms with Gasteiger partial charge in [-0.2, -0.15) is 26.3 Å². The van der Waals surface area contributed by atoms with Gasteiger partial charge in [0.15, 0.2) is 5.13 Å². The van der Waals surface area contributed by atoms with Crippen LogP contribution in [0.4, 0.5) is 37.2 Å². The second-order valence-electron chi connectivity index (χ2n) is 5.69. The number of alkyl halides is 6. The van der Waals surface area contributed by atoms with E-state index in [0.717, 1.165) is 11.3 Å². The first-order valence-electron chi connectivity index (χ1n) is 7.73. The summed E-state index contributed by atoms with van der Waals surface area (Å²) < 4.78 is 83.0. The largest absolute Gasteiger partial charge is 0.497 e. The molecule has 1 heterocycles. The maximum absolute atomic E-state index is 13.0. The molecule has 0 spiro atoms. The zero-order valence-electron chi connectivity index (χ0n) is 14.2. The Hall–Kier alpha value is -2.75. The average Bonchev–Trinajstić information content (AvgIpc) is 3.09. The maximum Gasteiger partial charge on any atom is 0.416 e. The number of ether oxygens (including phenoxy) is 1. The van der Waals surface area contributed by atoms with Crippen LogP contribution in [0.15, 0.2) is 47.8 Å². The van der Waals surface area contributed by atoms with Crippen molar-refractivity contribution < 1.29 is 31.1 Å². The number of hydrogen-bond donors (Lipinski definition) is 1. The van der Waals surface area contributed by atoms with E-state index in [1.807, 2.05) is 0 Å². The first-order valence-corrected chi connectivity index (χ1v) is 8.61. The molecule has 3 rings (SSSR count). The second kappa shape index (κ2) is 7.34. The SMILES string of the molecule is COc1ccc(Nc2nc(-c3cc(C(F)(F)F)cc(C(F)(F)F)c3)cs2)cc1. The van der Waals surface area contributed by atoms with Gasteiger partial charge in [0.05, 0.1) is 23.9 Å². The molecule has 0 bridgehead atoms. The summed E-state index contributed by atoms with van der Waals surface area (Å²) in [5.74, 6) is 0.633. The van der Waals surface area contributed by atoms with E-state index in [1.165, 1.54) is 12.5 Å². The standard InChI is InChI=1S/C18H12F6N2OS/c1-27-14-4-2-13(3-5-14)25-16-26-15(9-28-16)10-6-11(17(19,20)21)8-12(7-10)18(22,23)24/h2-9H,1H3,(H,25,26). The van der Waals surface area contributed by atoms with Crippen LogP contribution in [-0.4, -0.2) is 12.1 Å². The van der Waals surface area contributed by atoms with E-state index in [9.17, 15) is 26.3 Å². The van der Waals surface area contributed by atoms with Gasteiger partial charge in [0.2, 0.25) is 0 Å². The molecule has 148 valence electrons. The predicted octanol–water partition coefficient (Wildman–Crippen LogP) is 6.60. The fourth-order valence-electron chi connectivity index (χ4n) is 2.36. The van der Waals surface area contributed by atoms with Crippen molar-refractivity contribution >= 4 is 22.2 Å². The first-order chi connectivity index (χ1) is 13.1. The summed E-state index contributed by atoms with van der Waals surface area (Å²) in [6.45, 7) is 0. The third-order valence-electron chi connectivity index (χ3n) is 3.73. The lowest BCUT2D eigenvalue weighted by molar-refractivity contribution is -0.143. The molecule has 3 aromatic rings. The zero-order chi connectivity index (χ0) is 20.5. The summed E-state index contributed by atoms with van der Waals surface area (Å²) in [5.41, 5.74) is -2.37. The van der Waals surface area contributed by atoms with Crippen LogP contribution in [0.5, 0.6) is 5.75 Å². The van der Waals surface area contributed by atoms with E-state index in [2.05, 4.69) is 10.3 Å². The number of halogens is 6. The Labute approximate surface area is 159 Å². The molecule has 0 aliphatic carbocycles. The van der Waals surface area contributed by atoms with Crippen LogP contribution in [0.1, 0.15) is 11.1 Å². The van der Waals surface area contributed by atoms with Gasteiger partial charge in [-0.05, 0) is 42.5 Å². The van der Waals surface area contributed by atoms with Crippen molar-refractivity contribution in [3.8, 4) is 17.0 Å². The topological polar surface area (TPSA) is 34.1 Å². The lowest BCUT2D eigenvalue weighted by Gasteiger charge is -2.13. The van der Waals surface area contributed by atoms with Gasteiger partial charge in [0.1, 0.15) is 5.75 Å². The molecule has 10 heteroatoms. The summed E-state index contributed by atoms with van der Waals surface area (Å²) in [6, 6.07) is 8.19. The Balaban J connectivity index is 1.93. The van der Waals surface area contributed by atoms with Crippen molar-refractivity contribution in [2.75, 3.05) is 12.4 Å². The fourth-order valence-corrected chi connectivity index (χ4v) is 3.10. The quantitative estimate of drug-likeness (QED) is 0.485. The number of hydrogen-bond acceptors (Lipinski definition) is 4. The average molecular weight is 418 g/mol. The minimum absolute atomic E-state index is 0.0117. The molecular formula is C18H12F6N2OS. The van der Waals surface area contributed by atoms with Gasteiger partial charge in [-0.1, -0.05) is 0 Å². The zero-order valence-corrected chi connectivity index (χ0v) is 15.0. The van der Waals surface area contributed by atoms with Crippen LogP contribution in [-0.2, 0) is 12.4 Å². The lowest BCUT2D eigenvalue weighted by Crippen LogP contribution is -2.11. The molecule has 0 aliphatic rings. The normalized spacial score (nSPS) is 12.1. The Morgan fingerprint density at radius 1 is 0.893 bits per heavy atom. The summed E-state index contributed by atoms with van der Waals surface area (Å²) in [4.78, 5) is 4.11. The molecule has 3 nitrogen and oxygen atoms in total. The van der Waals surface area contributed by atoms with Crippen molar-refractivity contribution in [3.63, 3.8) is 0 Å². The van der Waals surface area contributed by atoms with Crippen LogP contribution in [0, 0.1) is 0 Å². The molecule has 0 saturated carbocycles. The molecule has 0 fully saturated rings. The number of rotatable bonds is 4. The van der Waals surface area contributed by atoms with Gasteiger partial charge in [-0.25, -0.2) is 4.98 Å². The number of nitrogens with one attached hydrogen (secondary N) is 1.